The maximum Gasteiger partial charge on any atom is 0.206 e. The Labute approximate surface area is 217 Å². The van der Waals surface area contributed by atoms with E-state index < -0.39 is 19.7 Å². The van der Waals surface area contributed by atoms with Crippen LogP contribution in [0.15, 0.2) is 117 Å². The SMILES string of the molecule is COCCOc1ccc(S(=O)(=O)c2ccc(Oc3ccc(S(=O)(=O)c4ccc(C)cc4)cc3)cc2)cc1. The molecule has 9 heteroatoms. The first-order valence-corrected chi connectivity index (χ1v) is 14.3. The molecule has 0 heterocycles. The van der Waals surface area contributed by atoms with Crippen molar-refractivity contribution in [2.75, 3.05) is 20.3 Å². The highest BCUT2D eigenvalue weighted by Crippen LogP contribution is 2.29. The van der Waals surface area contributed by atoms with Gasteiger partial charge in [-0.05, 0) is 91.9 Å². The van der Waals surface area contributed by atoms with Gasteiger partial charge >= 0.3 is 0 Å². The lowest BCUT2D eigenvalue weighted by Crippen LogP contribution is -2.05. The van der Waals surface area contributed by atoms with Gasteiger partial charge in [-0.15, -0.1) is 0 Å². The standard InChI is InChI=1S/C28H26O7S2/c1-21-3-11-25(12-4-21)36(29,30)27-15-7-23(8-16-27)35-24-9-17-28(18-10-24)37(31,32)26-13-5-22(6-14-26)34-20-19-33-2/h3-18H,19-20H2,1-2H3. The molecule has 7 nitrogen and oxygen atoms in total. The lowest BCUT2D eigenvalue weighted by Gasteiger charge is -2.10. The number of rotatable bonds is 10. The fourth-order valence-electron chi connectivity index (χ4n) is 3.46. The van der Waals surface area contributed by atoms with Gasteiger partial charge in [0.25, 0.3) is 0 Å². The minimum absolute atomic E-state index is 0.118. The average molecular weight is 539 g/mol. The summed E-state index contributed by atoms with van der Waals surface area (Å²) in [6.07, 6.45) is 0. The second kappa shape index (κ2) is 11.2. The van der Waals surface area contributed by atoms with Crippen molar-refractivity contribution in [1.29, 1.82) is 0 Å². The number of sulfone groups is 2. The maximum absolute atomic E-state index is 13.0. The first-order valence-electron chi connectivity index (χ1n) is 11.4. The summed E-state index contributed by atoms with van der Waals surface area (Å²) in [7, 11) is -5.79. The molecule has 0 N–H and O–H groups in total. The second-order valence-corrected chi connectivity index (χ2v) is 12.1. The minimum atomic E-state index is -3.72. The van der Waals surface area contributed by atoms with E-state index in [1.807, 2.05) is 6.92 Å². The molecule has 4 aromatic rings. The quantitative estimate of drug-likeness (QED) is 0.247. The molecule has 0 fully saturated rings. The molecule has 192 valence electrons. The monoisotopic (exact) mass is 538 g/mol. The fraction of sp³-hybridized carbons (Fsp3) is 0.143. The topological polar surface area (TPSA) is 96.0 Å². The first-order chi connectivity index (χ1) is 17.7. The zero-order chi connectivity index (χ0) is 26.5. The van der Waals surface area contributed by atoms with Crippen LogP contribution >= 0.6 is 0 Å². The van der Waals surface area contributed by atoms with E-state index in [1.165, 1.54) is 36.4 Å². The molecule has 0 bridgehead atoms. The van der Waals surface area contributed by atoms with Crippen molar-refractivity contribution in [3.8, 4) is 17.2 Å². The van der Waals surface area contributed by atoms with Crippen LogP contribution in [0.2, 0.25) is 0 Å². The van der Waals surface area contributed by atoms with Crippen LogP contribution in [0.4, 0.5) is 0 Å². The van der Waals surface area contributed by atoms with Gasteiger partial charge in [0.2, 0.25) is 19.7 Å². The predicted octanol–water partition coefficient (Wildman–Crippen LogP) is 5.48. The highest BCUT2D eigenvalue weighted by atomic mass is 32.2. The number of hydrogen-bond donors (Lipinski definition) is 0. The maximum atomic E-state index is 13.0. The number of ether oxygens (including phenoxy) is 3. The summed E-state index contributed by atoms with van der Waals surface area (Å²) in [6, 6.07) is 24.9. The molecule has 0 aromatic heterocycles. The van der Waals surface area contributed by atoms with Crippen LogP contribution in [0, 0.1) is 6.92 Å². The molecule has 0 radical (unpaired) electrons. The van der Waals surface area contributed by atoms with E-state index in [1.54, 1.807) is 67.8 Å². The van der Waals surface area contributed by atoms with E-state index in [-0.39, 0.29) is 19.6 Å². The van der Waals surface area contributed by atoms with Crippen LogP contribution < -0.4 is 9.47 Å². The zero-order valence-electron chi connectivity index (χ0n) is 20.3. The van der Waals surface area contributed by atoms with Crippen LogP contribution in [0.3, 0.4) is 0 Å². The van der Waals surface area contributed by atoms with E-state index in [2.05, 4.69) is 0 Å². The summed E-state index contributed by atoms with van der Waals surface area (Å²) < 4.78 is 67.8. The molecule has 4 rings (SSSR count). The molecule has 0 spiro atoms. The van der Waals surface area contributed by atoms with Crippen molar-refractivity contribution in [3.63, 3.8) is 0 Å². The smallest absolute Gasteiger partial charge is 0.206 e. The molecular weight excluding hydrogens is 512 g/mol. The molecule has 0 aliphatic rings. The molecule has 37 heavy (non-hydrogen) atoms. The lowest BCUT2D eigenvalue weighted by atomic mass is 10.2. The normalized spacial score (nSPS) is 11.7. The molecular formula is C28H26O7S2. The van der Waals surface area contributed by atoms with Crippen LogP contribution in [0.1, 0.15) is 5.56 Å². The van der Waals surface area contributed by atoms with Crippen molar-refractivity contribution >= 4 is 19.7 Å². The van der Waals surface area contributed by atoms with Crippen molar-refractivity contribution < 1.29 is 31.0 Å². The predicted molar refractivity (Wildman–Crippen MR) is 139 cm³/mol. The Morgan fingerprint density at radius 3 is 1.24 bits per heavy atom. The summed E-state index contributed by atoms with van der Waals surface area (Å²) in [5.74, 6) is 1.38. The summed E-state index contributed by atoms with van der Waals surface area (Å²) >= 11 is 0. The molecule has 0 atom stereocenters. The third-order valence-corrected chi connectivity index (χ3v) is 9.10. The summed E-state index contributed by atoms with van der Waals surface area (Å²) in [5.41, 5.74) is 0.975. The van der Waals surface area contributed by atoms with Gasteiger partial charge in [0.05, 0.1) is 26.2 Å². The molecule has 4 aromatic carbocycles. The highest BCUT2D eigenvalue weighted by Gasteiger charge is 2.19. The molecule has 0 unspecified atom stereocenters. The minimum Gasteiger partial charge on any atom is -0.491 e. The van der Waals surface area contributed by atoms with E-state index in [9.17, 15) is 16.8 Å². The van der Waals surface area contributed by atoms with Gasteiger partial charge in [0.15, 0.2) is 0 Å². The van der Waals surface area contributed by atoms with Gasteiger partial charge in [-0.25, -0.2) is 16.8 Å². The Hall–Kier alpha value is -3.66. The fourth-order valence-corrected chi connectivity index (χ4v) is 5.98. The largest absolute Gasteiger partial charge is 0.491 e. The Balaban J connectivity index is 1.44. The number of methoxy groups -OCH3 is 1. The van der Waals surface area contributed by atoms with E-state index in [0.717, 1.165) is 5.56 Å². The van der Waals surface area contributed by atoms with Crippen LogP contribution in [0.5, 0.6) is 17.2 Å². The molecule has 0 saturated carbocycles. The zero-order valence-corrected chi connectivity index (χ0v) is 22.0. The summed E-state index contributed by atoms with van der Waals surface area (Å²) in [5, 5.41) is 0. The molecule has 0 saturated heterocycles. The Morgan fingerprint density at radius 1 is 0.514 bits per heavy atom. The van der Waals surface area contributed by atoms with Gasteiger partial charge < -0.3 is 14.2 Å². The van der Waals surface area contributed by atoms with Crippen LogP contribution in [-0.2, 0) is 24.4 Å². The van der Waals surface area contributed by atoms with Gasteiger partial charge in [0, 0.05) is 7.11 Å². The first kappa shape index (κ1) is 26.4. The van der Waals surface area contributed by atoms with Crippen molar-refractivity contribution in [2.24, 2.45) is 0 Å². The number of hydrogen-bond acceptors (Lipinski definition) is 7. The second-order valence-electron chi connectivity index (χ2n) is 8.18. The van der Waals surface area contributed by atoms with E-state index in [0.29, 0.717) is 30.5 Å². The third kappa shape index (κ3) is 6.19. The summed E-state index contributed by atoms with van der Waals surface area (Å²) in [4.78, 5) is 0.634. The Kier molecular flexibility index (Phi) is 7.97. The van der Waals surface area contributed by atoms with Crippen LogP contribution in [-0.4, -0.2) is 37.2 Å². The lowest BCUT2D eigenvalue weighted by molar-refractivity contribution is 0.146. The highest BCUT2D eigenvalue weighted by molar-refractivity contribution is 7.91. The number of aryl methyl sites for hydroxylation is 1. The third-order valence-electron chi connectivity index (χ3n) is 5.53. The molecule has 0 aliphatic heterocycles. The summed E-state index contributed by atoms with van der Waals surface area (Å²) in [6.45, 7) is 2.70. The van der Waals surface area contributed by atoms with Gasteiger partial charge in [-0.1, -0.05) is 17.7 Å². The van der Waals surface area contributed by atoms with Crippen molar-refractivity contribution in [1.82, 2.24) is 0 Å². The molecule has 0 amide bonds. The Bertz CT molecular complexity index is 1540. The van der Waals surface area contributed by atoms with E-state index >= 15 is 0 Å². The van der Waals surface area contributed by atoms with Crippen LogP contribution in [0.25, 0.3) is 0 Å². The van der Waals surface area contributed by atoms with Gasteiger partial charge in [0.1, 0.15) is 23.9 Å². The Morgan fingerprint density at radius 2 is 0.865 bits per heavy atom. The molecule has 0 aliphatic carbocycles. The average Bonchev–Trinajstić information content (AvgIpc) is 2.90. The number of benzene rings is 4. The van der Waals surface area contributed by atoms with Gasteiger partial charge in [-0.2, -0.15) is 0 Å². The van der Waals surface area contributed by atoms with Crippen molar-refractivity contribution in [3.05, 3.63) is 103 Å². The van der Waals surface area contributed by atoms with Gasteiger partial charge in [-0.3, -0.25) is 0 Å². The van der Waals surface area contributed by atoms with Crippen molar-refractivity contribution in [2.45, 2.75) is 26.5 Å². The van der Waals surface area contributed by atoms with E-state index in [4.69, 9.17) is 14.2 Å².